The Kier molecular flexibility index (Phi) is 19.2. The molecule has 8 heteroatoms. The molecule has 0 atom stereocenters. The molecule has 3 rings (SSSR count). The molecule has 0 spiro atoms. The fraction of sp³-hybridized carbons (Fsp3) is 0.588. The number of hydrogen-bond donors (Lipinski definition) is 4. The van der Waals surface area contributed by atoms with E-state index in [-0.39, 0.29) is 12.4 Å². The third kappa shape index (κ3) is 14.8. The Bertz CT molecular complexity index is 1030. The molecule has 0 aliphatic carbocycles. The number of allylic oxidation sites excluding steroid dienone is 3. The number of piperidine rings is 1. The Morgan fingerprint density at radius 1 is 1.14 bits per heavy atom. The summed E-state index contributed by atoms with van der Waals surface area (Å²) in [5.41, 5.74) is 4.54. The van der Waals surface area contributed by atoms with Gasteiger partial charge in [0.15, 0.2) is 11.6 Å². The molecular weight excluding hydrogens is 524 g/mol. The van der Waals surface area contributed by atoms with E-state index in [9.17, 15) is 5.11 Å². The van der Waals surface area contributed by atoms with Crippen molar-refractivity contribution < 1.29 is 10.2 Å². The van der Waals surface area contributed by atoms with E-state index in [0.717, 1.165) is 56.9 Å². The number of rotatable bonds is 13. The molecule has 1 fully saturated rings. The molecule has 1 aliphatic heterocycles. The van der Waals surface area contributed by atoms with Gasteiger partial charge in [0.1, 0.15) is 0 Å². The maximum Gasteiger partial charge on any atom is 0.171 e. The van der Waals surface area contributed by atoms with Crippen LogP contribution in [0.2, 0.25) is 0 Å². The Morgan fingerprint density at radius 2 is 1.83 bits per heavy atom. The summed E-state index contributed by atoms with van der Waals surface area (Å²) in [6, 6.07) is 5.93. The van der Waals surface area contributed by atoms with Crippen LogP contribution in [0, 0.1) is 5.92 Å². The molecule has 0 unspecified atom stereocenters. The van der Waals surface area contributed by atoms with Crippen molar-refractivity contribution in [2.75, 3.05) is 56.5 Å². The van der Waals surface area contributed by atoms with E-state index >= 15 is 0 Å². The molecule has 0 amide bonds. The minimum absolute atomic E-state index is 0.0772. The molecule has 1 saturated heterocycles. The lowest BCUT2D eigenvalue weighted by atomic mass is 10.0. The van der Waals surface area contributed by atoms with Crippen LogP contribution in [0.1, 0.15) is 73.3 Å². The normalized spacial score (nSPS) is 14.5. The third-order valence-electron chi connectivity index (χ3n) is 7.01. The number of nitrogens with one attached hydrogen (secondary N) is 2. The van der Waals surface area contributed by atoms with Crippen LogP contribution in [0.15, 0.2) is 60.1 Å². The SMILES string of the molecule is CC.CC/C(C)=C\C=C(/C)CN1CCC(NCCN(CC(C)C)c2ncc(NC)cc2O)CC1.OCc1cccnc1. The van der Waals surface area contributed by atoms with E-state index in [2.05, 4.69) is 77.2 Å². The van der Waals surface area contributed by atoms with Crippen LogP contribution in [0.4, 0.5) is 11.5 Å². The highest BCUT2D eigenvalue weighted by Gasteiger charge is 2.20. The van der Waals surface area contributed by atoms with Crippen molar-refractivity contribution >= 4 is 11.5 Å². The van der Waals surface area contributed by atoms with Crippen LogP contribution in [0.5, 0.6) is 5.75 Å². The van der Waals surface area contributed by atoms with Gasteiger partial charge < -0.3 is 25.7 Å². The number of hydrogen-bond acceptors (Lipinski definition) is 8. The van der Waals surface area contributed by atoms with Gasteiger partial charge >= 0.3 is 0 Å². The maximum absolute atomic E-state index is 10.5. The highest BCUT2D eigenvalue weighted by atomic mass is 16.3. The molecule has 2 aromatic heterocycles. The Hall–Kier alpha value is -2.94. The molecule has 2 aromatic rings. The summed E-state index contributed by atoms with van der Waals surface area (Å²) in [6.45, 7) is 21.1. The lowest BCUT2D eigenvalue weighted by molar-refractivity contribution is 0.212. The first-order valence-electron chi connectivity index (χ1n) is 15.7. The van der Waals surface area contributed by atoms with Gasteiger partial charge in [0, 0.05) is 57.7 Å². The van der Waals surface area contributed by atoms with Crippen molar-refractivity contribution in [1.29, 1.82) is 0 Å². The number of likely N-dealkylation sites (tertiary alicyclic amines) is 1. The van der Waals surface area contributed by atoms with Crippen molar-refractivity contribution in [3.63, 3.8) is 0 Å². The molecule has 3 heterocycles. The predicted molar refractivity (Wildman–Crippen MR) is 179 cm³/mol. The van der Waals surface area contributed by atoms with E-state index in [1.54, 1.807) is 30.7 Å². The fourth-order valence-electron chi connectivity index (χ4n) is 4.55. The van der Waals surface area contributed by atoms with Crippen molar-refractivity contribution in [1.82, 2.24) is 20.2 Å². The second-order valence-electron chi connectivity index (χ2n) is 11.1. The zero-order valence-corrected chi connectivity index (χ0v) is 27.5. The van der Waals surface area contributed by atoms with Crippen molar-refractivity contribution in [3.05, 3.63) is 65.7 Å². The zero-order valence-electron chi connectivity index (χ0n) is 27.5. The first-order chi connectivity index (χ1) is 20.2. The maximum atomic E-state index is 10.5. The van der Waals surface area contributed by atoms with Gasteiger partial charge in [-0.05, 0) is 63.7 Å². The van der Waals surface area contributed by atoms with Crippen molar-refractivity contribution in [3.8, 4) is 5.75 Å². The summed E-state index contributed by atoms with van der Waals surface area (Å²) in [7, 11) is 1.83. The molecule has 0 bridgehead atoms. The topological polar surface area (TPSA) is 96.8 Å². The molecule has 4 N–H and O–H groups in total. The van der Waals surface area contributed by atoms with Gasteiger partial charge in [-0.3, -0.25) is 9.88 Å². The first-order valence-corrected chi connectivity index (χ1v) is 15.7. The molecule has 1 aliphatic rings. The van der Waals surface area contributed by atoms with E-state index in [1.165, 1.54) is 24.0 Å². The van der Waals surface area contributed by atoms with Gasteiger partial charge in [-0.1, -0.05) is 64.0 Å². The van der Waals surface area contributed by atoms with Gasteiger partial charge in [-0.25, -0.2) is 4.98 Å². The third-order valence-corrected chi connectivity index (χ3v) is 7.01. The molecule has 0 aromatic carbocycles. The van der Waals surface area contributed by atoms with E-state index in [4.69, 9.17) is 5.11 Å². The quantitative estimate of drug-likeness (QED) is 0.206. The molecule has 8 nitrogen and oxygen atoms in total. The number of nitrogens with zero attached hydrogens (tertiary/aromatic N) is 4. The van der Waals surface area contributed by atoms with Gasteiger partial charge in [-0.2, -0.15) is 0 Å². The molecule has 236 valence electrons. The first kappa shape index (κ1) is 37.1. The Balaban J connectivity index is 0.000000748. The number of aromatic hydroxyl groups is 1. The van der Waals surface area contributed by atoms with Crippen molar-refractivity contribution in [2.24, 2.45) is 5.92 Å². The predicted octanol–water partition coefficient (Wildman–Crippen LogP) is 6.25. The fourth-order valence-corrected chi connectivity index (χ4v) is 4.55. The summed E-state index contributed by atoms with van der Waals surface area (Å²) in [4.78, 5) is 13.1. The Morgan fingerprint density at radius 3 is 2.36 bits per heavy atom. The van der Waals surface area contributed by atoms with Crippen LogP contribution < -0.4 is 15.5 Å². The molecule has 0 radical (unpaired) electrons. The lowest BCUT2D eigenvalue weighted by Gasteiger charge is -2.33. The van der Waals surface area contributed by atoms with E-state index < -0.39 is 0 Å². The highest BCUT2D eigenvalue weighted by Crippen LogP contribution is 2.27. The lowest BCUT2D eigenvalue weighted by Crippen LogP contribution is -2.45. The minimum Gasteiger partial charge on any atom is -0.504 e. The second-order valence-corrected chi connectivity index (χ2v) is 11.1. The number of pyridine rings is 2. The average Bonchev–Trinajstić information content (AvgIpc) is 3.01. The second kappa shape index (κ2) is 21.7. The van der Waals surface area contributed by atoms with Crippen LogP contribution >= 0.6 is 0 Å². The minimum atomic E-state index is 0.0772. The molecule has 42 heavy (non-hydrogen) atoms. The van der Waals surface area contributed by atoms with Crippen LogP contribution in [0.25, 0.3) is 0 Å². The summed E-state index contributed by atoms with van der Waals surface area (Å²) in [6.07, 6.45) is 13.1. The van der Waals surface area contributed by atoms with Crippen molar-refractivity contribution in [2.45, 2.75) is 80.4 Å². The van der Waals surface area contributed by atoms with E-state index in [0.29, 0.717) is 17.8 Å². The summed E-state index contributed by atoms with van der Waals surface area (Å²) < 4.78 is 0. The summed E-state index contributed by atoms with van der Waals surface area (Å²) in [5.74, 6) is 1.40. The van der Waals surface area contributed by atoms with E-state index in [1.807, 2.05) is 27.0 Å². The van der Waals surface area contributed by atoms with Crippen LogP contribution in [-0.2, 0) is 6.61 Å². The molecular formula is C34H58N6O2. The Labute approximate surface area is 256 Å². The zero-order chi connectivity index (χ0) is 31.3. The van der Waals surface area contributed by atoms with Crippen LogP contribution in [0.3, 0.4) is 0 Å². The highest BCUT2D eigenvalue weighted by molar-refractivity contribution is 5.58. The number of aliphatic hydroxyl groups excluding tert-OH is 1. The molecule has 0 saturated carbocycles. The van der Waals surface area contributed by atoms with Crippen LogP contribution in [-0.4, -0.2) is 77.4 Å². The standard InChI is InChI=1S/C26H45N5O.C6H7NO.C2H6/c1-7-21(4)8-9-22(5)19-30-13-10-23(11-14-30)28-12-15-31(18-20(2)3)26-25(32)16-24(27-6)17-29-26;8-5-6-2-1-3-7-4-6;1-2/h8-9,16-17,20,23,27-28,32H,7,10-15,18-19H2,1-6H3;1-4,8H,5H2;1-2H3/b21-8-,22-9+;;. The van der Waals surface area contributed by atoms with Gasteiger partial charge in [0.25, 0.3) is 0 Å². The smallest absolute Gasteiger partial charge is 0.171 e. The average molecular weight is 583 g/mol. The van der Waals surface area contributed by atoms with Gasteiger partial charge in [-0.15, -0.1) is 0 Å². The van der Waals surface area contributed by atoms with Gasteiger partial charge in [0.2, 0.25) is 0 Å². The van der Waals surface area contributed by atoms with Gasteiger partial charge in [0.05, 0.1) is 18.5 Å². The monoisotopic (exact) mass is 582 g/mol. The number of aliphatic hydroxyl groups is 1. The number of anilines is 2. The summed E-state index contributed by atoms with van der Waals surface area (Å²) in [5, 5.41) is 25.7. The number of aromatic nitrogens is 2. The largest absolute Gasteiger partial charge is 0.504 e. The summed E-state index contributed by atoms with van der Waals surface area (Å²) >= 11 is 0.